The van der Waals surface area contributed by atoms with Gasteiger partial charge in [-0.15, -0.1) is 0 Å². The van der Waals surface area contributed by atoms with E-state index in [1.54, 1.807) is 0 Å². The number of rotatable bonds is 5. The molecule has 0 aliphatic heterocycles. The molecule has 0 atom stereocenters. The number of ether oxygens (including phenoxy) is 1. The second kappa shape index (κ2) is 6.47. The lowest BCUT2D eigenvalue weighted by molar-refractivity contribution is 0.136. The normalized spacial score (nSPS) is 19.8. The van der Waals surface area contributed by atoms with Crippen molar-refractivity contribution in [3.05, 3.63) is 0 Å². The van der Waals surface area contributed by atoms with E-state index in [1.165, 1.54) is 44.9 Å². The van der Waals surface area contributed by atoms with Crippen molar-refractivity contribution >= 4 is 0 Å². The summed E-state index contributed by atoms with van der Waals surface area (Å²) in [7, 11) is 0. The van der Waals surface area contributed by atoms with Crippen molar-refractivity contribution in [1.29, 1.82) is 0 Å². The van der Waals surface area contributed by atoms with Gasteiger partial charge in [-0.25, -0.2) is 0 Å². The molecule has 1 aliphatic carbocycles. The summed E-state index contributed by atoms with van der Waals surface area (Å²) in [4.78, 5) is 0. The molecule has 0 aromatic rings. The Morgan fingerprint density at radius 3 is 2.58 bits per heavy atom. The summed E-state index contributed by atoms with van der Waals surface area (Å²) in [5.74, 6) is 1.03. The van der Waals surface area contributed by atoms with E-state index in [2.05, 4.69) is 6.92 Å². The number of hydrogen-bond acceptors (Lipinski definition) is 1. The minimum atomic E-state index is 0.880. The van der Waals surface area contributed by atoms with Gasteiger partial charge in [-0.3, -0.25) is 0 Å². The third-order valence-electron chi connectivity index (χ3n) is 2.83. The van der Waals surface area contributed by atoms with E-state index >= 15 is 0 Å². The lowest BCUT2D eigenvalue weighted by atomic mass is 9.86. The topological polar surface area (TPSA) is 9.23 Å². The first-order valence-corrected chi connectivity index (χ1v) is 5.51. The molecule has 1 rings (SSSR count). The summed E-state index contributed by atoms with van der Waals surface area (Å²) in [6.07, 6.45) is 10.1. The van der Waals surface area contributed by atoms with Crippen molar-refractivity contribution in [2.45, 2.75) is 51.9 Å². The SMILES string of the molecule is CCOCCCC1CCCCC1. The van der Waals surface area contributed by atoms with E-state index in [4.69, 9.17) is 4.74 Å². The summed E-state index contributed by atoms with van der Waals surface area (Å²) < 4.78 is 5.32. The fourth-order valence-corrected chi connectivity index (χ4v) is 2.09. The van der Waals surface area contributed by atoms with Crippen LogP contribution in [0.2, 0.25) is 0 Å². The highest BCUT2D eigenvalue weighted by molar-refractivity contribution is 4.65. The zero-order valence-corrected chi connectivity index (χ0v) is 8.35. The van der Waals surface area contributed by atoms with Crippen LogP contribution in [-0.2, 0) is 4.74 Å². The van der Waals surface area contributed by atoms with Crippen LogP contribution in [0.3, 0.4) is 0 Å². The van der Waals surface area contributed by atoms with Crippen molar-refractivity contribution in [3.63, 3.8) is 0 Å². The van der Waals surface area contributed by atoms with Crippen LogP contribution in [0.25, 0.3) is 0 Å². The fourth-order valence-electron chi connectivity index (χ4n) is 2.09. The molecule has 0 bridgehead atoms. The molecule has 0 radical (unpaired) electrons. The van der Waals surface area contributed by atoms with Crippen LogP contribution in [0.1, 0.15) is 51.9 Å². The minimum absolute atomic E-state index is 0.880. The Morgan fingerprint density at radius 2 is 1.92 bits per heavy atom. The summed E-state index contributed by atoms with van der Waals surface area (Å²) >= 11 is 0. The smallest absolute Gasteiger partial charge is 0.0465 e. The zero-order chi connectivity index (χ0) is 8.65. The van der Waals surface area contributed by atoms with Gasteiger partial charge in [-0.2, -0.15) is 0 Å². The van der Waals surface area contributed by atoms with Gasteiger partial charge in [0, 0.05) is 13.2 Å². The summed E-state index contributed by atoms with van der Waals surface area (Å²) in [5, 5.41) is 0. The Labute approximate surface area is 76.5 Å². The van der Waals surface area contributed by atoms with Gasteiger partial charge in [0.2, 0.25) is 0 Å². The quantitative estimate of drug-likeness (QED) is 0.575. The summed E-state index contributed by atoms with van der Waals surface area (Å²) in [6, 6.07) is 0. The molecule has 0 N–H and O–H groups in total. The molecule has 0 amide bonds. The standard InChI is InChI=1S/C11H22O/c1-2-12-10-6-9-11-7-4-3-5-8-11/h11H,2-10H2,1H3. The first kappa shape index (κ1) is 10.0. The molecule has 0 spiro atoms. The molecule has 12 heavy (non-hydrogen) atoms. The third kappa shape index (κ3) is 4.10. The Hall–Kier alpha value is -0.0400. The van der Waals surface area contributed by atoms with Gasteiger partial charge in [-0.05, 0) is 25.7 Å². The van der Waals surface area contributed by atoms with E-state index in [0.29, 0.717) is 0 Å². The van der Waals surface area contributed by atoms with Crippen molar-refractivity contribution in [2.75, 3.05) is 13.2 Å². The maximum Gasteiger partial charge on any atom is 0.0465 e. The maximum atomic E-state index is 5.32. The molecule has 0 saturated heterocycles. The highest BCUT2D eigenvalue weighted by Crippen LogP contribution is 2.26. The van der Waals surface area contributed by atoms with Crippen molar-refractivity contribution in [1.82, 2.24) is 0 Å². The molecule has 0 aromatic heterocycles. The molecule has 0 aromatic carbocycles. The zero-order valence-electron chi connectivity index (χ0n) is 8.35. The molecule has 1 saturated carbocycles. The van der Waals surface area contributed by atoms with Gasteiger partial charge in [0.25, 0.3) is 0 Å². The van der Waals surface area contributed by atoms with Crippen LogP contribution in [0.5, 0.6) is 0 Å². The lowest BCUT2D eigenvalue weighted by Crippen LogP contribution is -2.07. The van der Waals surface area contributed by atoms with Gasteiger partial charge in [0.05, 0.1) is 0 Å². The summed E-state index contributed by atoms with van der Waals surface area (Å²) in [5.41, 5.74) is 0. The van der Waals surface area contributed by atoms with Crippen LogP contribution < -0.4 is 0 Å². The molecular weight excluding hydrogens is 148 g/mol. The molecule has 0 unspecified atom stereocenters. The molecule has 1 nitrogen and oxygen atoms in total. The molecule has 0 heterocycles. The predicted molar refractivity (Wildman–Crippen MR) is 52.3 cm³/mol. The lowest BCUT2D eigenvalue weighted by Gasteiger charge is -2.21. The largest absolute Gasteiger partial charge is 0.382 e. The van der Waals surface area contributed by atoms with E-state index in [9.17, 15) is 0 Å². The Morgan fingerprint density at radius 1 is 1.17 bits per heavy atom. The minimum Gasteiger partial charge on any atom is -0.382 e. The Balaban J connectivity index is 1.91. The third-order valence-corrected chi connectivity index (χ3v) is 2.83. The van der Waals surface area contributed by atoms with Gasteiger partial charge < -0.3 is 4.74 Å². The van der Waals surface area contributed by atoms with Crippen LogP contribution in [0.15, 0.2) is 0 Å². The van der Waals surface area contributed by atoms with Crippen molar-refractivity contribution in [3.8, 4) is 0 Å². The summed E-state index contributed by atoms with van der Waals surface area (Å²) in [6.45, 7) is 3.93. The first-order chi connectivity index (χ1) is 5.93. The van der Waals surface area contributed by atoms with E-state index in [-0.39, 0.29) is 0 Å². The van der Waals surface area contributed by atoms with E-state index < -0.39 is 0 Å². The maximum absolute atomic E-state index is 5.32. The Bertz CT molecular complexity index is 95.2. The van der Waals surface area contributed by atoms with Crippen LogP contribution in [-0.4, -0.2) is 13.2 Å². The van der Waals surface area contributed by atoms with Gasteiger partial charge in [-0.1, -0.05) is 32.1 Å². The molecule has 1 fully saturated rings. The van der Waals surface area contributed by atoms with Crippen LogP contribution in [0.4, 0.5) is 0 Å². The molecular formula is C11H22O. The fraction of sp³-hybridized carbons (Fsp3) is 1.00. The predicted octanol–water partition coefficient (Wildman–Crippen LogP) is 3.38. The van der Waals surface area contributed by atoms with E-state index in [0.717, 1.165) is 19.1 Å². The highest BCUT2D eigenvalue weighted by Gasteiger charge is 2.12. The van der Waals surface area contributed by atoms with Gasteiger partial charge >= 0.3 is 0 Å². The van der Waals surface area contributed by atoms with Crippen molar-refractivity contribution in [2.24, 2.45) is 5.92 Å². The monoisotopic (exact) mass is 170 g/mol. The second-order valence-electron chi connectivity index (χ2n) is 3.84. The Kier molecular flexibility index (Phi) is 5.42. The van der Waals surface area contributed by atoms with Gasteiger partial charge in [0.1, 0.15) is 0 Å². The molecule has 1 heteroatoms. The van der Waals surface area contributed by atoms with Crippen molar-refractivity contribution < 1.29 is 4.74 Å². The van der Waals surface area contributed by atoms with E-state index in [1.807, 2.05) is 0 Å². The average Bonchev–Trinajstić information content (AvgIpc) is 2.14. The average molecular weight is 170 g/mol. The molecule has 1 aliphatic rings. The first-order valence-electron chi connectivity index (χ1n) is 5.51. The molecule has 72 valence electrons. The van der Waals surface area contributed by atoms with Crippen LogP contribution >= 0.6 is 0 Å². The number of hydrogen-bond donors (Lipinski definition) is 0. The van der Waals surface area contributed by atoms with Gasteiger partial charge in [0.15, 0.2) is 0 Å². The highest BCUT2D eigenvalue weighted by atomic mass is 16.5. The second-order valence-corrected chi connectivity index (χ2v) is 3.84. The van der Waals surface area contributed by atoms with Crippen LogP contribution in [0, 0.1) is 5.92 Å².